The van der Waals surface area contributed by atoms with Gasteiger partial charge in [0.05, 0.1) is 39.6 Å². The molecule has 0 fully saturated rings. The minimum Gasteiger partial charge on any atom is -0.378 e. The highest BCUT2D eigenvalue weighted by Crippen LogP contribution is 1.89. The fraction of sp³-hybridized carbons (Fsp3) is 0.938. The predicted octanol–water partition coefficient (Wildman–Crippen LogP) is 1.54. The van der Waals surface area contributed by atoms with Gasteiger partial charge in [-0.15, -0.1) is 0 Å². The van der Waals surface area contributed by atoms with Crippen LogP contribution in [0.5, 0.6) is 0 Å². The molecular formula is C16H36N2O4. The van der Waals surface area contributed by atoms with Gasteiger partial charge in [-0.3, -0.25) is 4.79 Å². The van der Waals surface area contributed by atoms with Gasteiger partial charge in [0.2, 0.25) is 5.91 Å². The monoisotopic (exact) mass is 320 g/mol. The molecule has 0 bridgehead atoms. The second-order valence-electron chi connectivity index (χ2n) is 4.82. The Morgan fingerprint density at radius 2 is 1.36 bits per heavy atom. The summed E-state index contributed by atoms with van der Waals surface area (Å²) in [5.74, 6) is 0.138. The quantitative estimate of drug-likeness (QED) is 0.522. The van der Waals surface area contributed by atoms with Crippen LogP contribution in [0.3, 0.4) is 0 Å². The van der Waals surface area contributed by atoms with Crippen LogP contribution < -0.4 is 5.32 Å². The van der Waals surface area contributed by atoms with E-state index in [2.05, 4.69) is 19.2 Å². The number of likely N-dealkylation sites (N-methyl/N-ethyl adjacent to an activating group) is 2. The fourth-order valence-corrected chi connectivity index (χ4v) is 1.31. The number of carbonyl (C=O) groups excluding carboxylic acids is 1. The number of carbonyl (C=O) groups is 1. The third-order valence-electron chi connectivity index (χ3n) is 2.54. The fourth-order valence-electron chi connectivity index (χ4n) is 1.31. The van der Waals surface area contributed by atoms with Gasteiger partial charge in [0, 0.05) is 26.6 Å². The summed E-state index contributed by atoms with van der Waals surface area (Å²) in [6, 6.07) is 0. The minimum absolute atomic E-state index is 0.138. The normalized spacial score (nSPS) is 10.0. The van der Waals surface area contributed by atoms with Gasteiger partial charge < -0.3 is 24.4 Å². The zero-order valence-electron chi connectivity index (χ0n) is 15.2. The maximum atomic E-state index is 11.3. The maximum absolute atomic E-state index is 11.3. The van der Waals surface area contributed by atoms with E-state index < -0.39 is 0 Å². The molecule has 1 N–H and O–H groups in total. The molecule has 22 heavy (non-hydrogen) atoms. The number of nitrogens with one attached hydrogen (secondary N) is 1. The average molecular weight is 320 g/mol. The first-order valence-electron chi connectivity index (χ1n) is 8.25. The molecule has 6 heteroatoms. The number of amides is 1. The number of hydrogen-bond acceptors (Lipinski definition) is 5. The van der Waals surface area contributed by atoms with Crippen molar-refractivity contribution in [2.24, 2.45) is 0 Å². The molecule has 0 aliphatic carbocycles. The van der Waals surface area contributed by atoms with E-state index in [-0.39, 0.29) is 5.91 Å². The highest BCUT2D eigenvalue weighted by Gasteiger charge is 2.04. The first-order chi connectivity index (χ1) is 10.6. The molecule has 0 aliphatic rings. The first-order valence-corrected chi connectivity index (χ1v) is 8.25. The van der Waals surface area contributed by atoms with Gasteiger partial charge in [-0.1, -0.05) is 27.2 Å². The van der Waals surface area contributed by atoms with Crippen LogP contribution in [0.25, 0.3) is 0 Å². The Morgan fingerprint density at radius 1 is 0.909 bits per heavy atom. The largest absolute Gasteiger partial charge is 0.378 e. The van der Waals surface area contributed by atoms with E-state index >= 15 is 0 Å². The highest BCUT2D eigenvalue weighted by molar-refractivity contribution is 5.75. The molecule has 0 atom stereocenters. The molecule has 0 aromatic rings. The Bertz CT molecular complexity index is 228. The number of hydrogen-bond donors (Lipinski definition) is 1. The van der Waals surface area contributed by atoms with Crippen LogP contribution >= 0.6 is 0 Å². The lowest BCUT2D eigenvalue weighted by molar-refractivity contribution is -0.130. The molecule has 0 heterocycles. The van der Waals surface area contributed by atoms with Gasteiger partial charge in [0.1, 0.15) is 0 Å². The van der Waals surface area contributed by atoms with E-state index in [1.165, 1.54) is 6.42 Å². The summed E-state index contributed by atoms with van der Waals surface area (Å²) in [5.41, 5.74) is 0. The summed E-state index contributed by atoms with van der Waals surface area (Å²) in [6.07, 6.45) is 1.78. The van der Waals surface area contributed by atoms with E-state index in [1.807, 2.05) is 14.0 Å². The Balaban J connectivity index is 0. The lowest BCUT2D eigenvalue weighted by atomic mass is 10.4. The van der Waals surface area contributed by atoms with E-state index in [9.17, 15) is 4.79 Å². The molecule has 134 valence electrons. The lowest BCUT2D eigenvalue weighted by Crippen LogP contribution is -2.29. The molecule has 0 rings (SSSR count). The van der Waals surface area contributed by atoms with Crippen molar-refractivity contribution in [2.45, 2.75) is 33.6 Å². The van der Waals surface area contributed by atoms with Gasteiger partial charge in [0.15, 0.2) is 0 Å². The predicted molar refractivity (Wildman–Crippen MR) is 90.3 cm³/mol. The third kappa shape index (κ3) is 19.3. The van der Waals surface area contributed by atoms with Crippen molar-refractivity contribution in [3.8, 4) is 0 Å². The molecule has 0 unspecified atom stereocenters. The van der Waals surface area contributed by atoms with E-state index in [1.54, 1.807) is 11.9 Å². The summed E-state index contributed by atoms with van der Waals surface area (Å²) in [5, 5.41) is 3.00. The van der Waals surface area contributed by atoms with Crippen LogP contribution in [-0.4, -0.2) is 77.6 Å². The van der Waals surface area contributed by atoms with Crippen molar-refractivity contribution in [3.05, 3.63) is 0 Å². The molecular weight excluding hydrogens is 284 g/mol. The van der Waals surface area contributed by atoms with Gasteiger partial charge in [-0.05, 0) is 7.05 Å². The summed E-state index contributed by atoms with van der Waals surface area (Å²) >= 11 is 0. The maximum Gasteiger partial charge on any atom is 0.222 e. The lowest BCUT2D eigenvalue weighted by Gasteiger charge is -2.16. The Morgan fingerprint density at radius 3 is 1.82 bits per heavy atom. The summed E-state index contributed by atoms with van der Waals surface area (Å²) in [7, 11) is 3.68. The molecule has 0 aromatic carbocycles. The third-order valence-corrected chi connectivity index (χ3v) is 2.54. The van der Waals surface area contributed by atoms with Crippen LogP contribution in [0, 0.1) is 0 Å². The SMILES string of the molecule is CCC.CCC(=O)N(C)CCOCCOCCOCCNC. The van der Waals surface area contributed by atoms with Gasteiger partial charge in [-0.2, -0.15) is 0 Å². The standard InChI is InChI=1S/C13H28N2O4.C3H8/c1-4-13(16)15(3)6-8-18-10-12-19-11-9-17-7-5-14-2;1-3-2/h14H,4-12H2,1-3H3;3H2,1-2H3. The summed E-state index contributed by atoms with van der Waals surface area (Å²) in [6.45, 7) is 11.1. The number of nitrogens with zero attached hydrogens (tertiary/aromatic N) is 1. The van der Waals surface area contributed by atoms with Crippen LogP contribution in [0.2, 0.25) is 0 Å². The average Bonchev–Trinajstić information content (AvgIpc) is 2.52. The zero-order valence-corrected chi connectivity index (χ0v) is 15.2. The van der Waals surface area contributed by atoms with E-state index in [0.717, 1.165) is 6.54 Å². The second kappa shape index (κ2) is 20.3. The smallest absolute Gasteiger partial charge is 0.222 e. The summed E-state index contributed by atoms with van der Waals surface area (Å²) in [4.78, 5) is 12.9. The van der Waals surface area contributed by atoms with Gasteiger partial charge in [-0.25, -0.2) is 0 Å². The van der Waals surface area contributed by atoms with Gasteiger partial charge >= 0.3 is 0 Å². The molecule has 6 nitrogen and oxygen atoms in total. The van der Waals surface area contributed by atoms with Crippen molar-refractivity contribution in [1.82, 2.24) is 10.2 Å². The molecule has 0 saturated heterocycles. The first kappa shape index (κ1) is 23.6. The van der Waals surface area contributed by atoms with E-state index in [4.69, 9.17) is 14.2 Å². The van der Waals surface area contributed by atoms with Crippen LogP contribution in [-0.2, 0) is 19.0 Å². The zero-order chi connectivity index (χ0) is 17.1. The topological polar surface area (TPSA) is 60.0 Å². The molecule has 0 spiro atoms. The molecule has 0 aromatic heterocycles. The van der Waals surface area contributed by atoms with Crippen molar-refractivity contribution in [2.75, 3.05) is 66.8 Å². The Hall–Kier alpha value is -0.690. The number of ether oxygens (including phenoxy) is 3. The number of rotatable bonds is 13. The van der Waals surface area contributed by atoms with Gasteiger partial charge in [0.25, 0.3) is 0 Å². The van der Waals surface area contributed by atoms with Crippen LogP contribution in [0.15, 0.2) is 0 Å². The Labute approximate surface area is 136 Å². The van der Waals surface area contributed by atoms with Crippen molar-refractivity contribution >= 4 is 5.91 Å². The van der Waals surface area contributed by atoms with Crippen molar-refractivity contribution < 1.29 is 19.0 Å². The van der Waals surface area contributed by atoms with Crippen molar-refractivity contribution in [1.29, 1.82) is 0 Å². The highest BCUT2D eigenvalue weighted by atomic mass is 16.5. The van der Waals surface area contributed by atoms with Crippen molar-refractivity contribution in [3.63, 3.8) is 0 Å². The van der Waals surface area contributed by atoms with Crippen LogP contribution in [0.4, 0.5) is 0 Å². The molecule has 0 aliphatic heterocycles. The molecule has 0 saturated carbocycles. The Kier molecular flexibility index (Phi) is 21.8. The molecule has 1 amide bonds. The minimum atomic E-state index is 0.138. The summed E-state index contributed by atoms with van der Waals surface area (Å²) < 4.78 is 16.0. The second-order valence-corrected chi connectivity index (χ2v) is 4.82. The van der Waals surface area contributed by atoms with E-state index in [0.29, 0.717) is 52.6 Å². The van der Waals surface area contributed by atoms with Crippen LogP contribution in [0.1, 0.15) is 33.6 Å². The molecule has 0 radical (unpaired) electrons.